The summed E-state index contributed by atoms with van der Waals surface area (Å²) in [6, 6.07) is 4.42. The molecule has 0 saturated carbocycles. The van der Waals surface area contributed by atoms with Gasteiger partial charge in [0, 0.05) is 6.07 Å². The van der Waals surface area contributed by atoms with Crippen molar-refractivity contribution >= 4 is 13.6 Å². The number of ether oxygens (including phenoxy) is 1. The number of benzene rings is 1. The van der Waals surface area contributed by atoms with Crippen molar-refractivity contribution in [1.82, 2.24) is 0 Å². The molecule has 0 aliphatic heterocycles. The van der Waals surface area contributed by atoms with Gasteiger partial charge in [0.05, 0.1) is 12.7 Å². The van der Waals surface area contributed by atoms with Crippen molar-refractivity contribution in [2.24, 2.45) is 0 Å². The minimum atomic E-state index is -1.96. The third kappa shape index (κ3) is 2.48. The lowest BCUT2D eigenvalue weighted by Gasteiger charge is -2.08. The van der Waals surface area contributed by atoms with Crippen molar-refractivity contribution in [2.45, 2.75) is 0 Å². The summed E-state index contributed by atoms with van der Waals surface area (Å²) in [6.45, 7) is 0. The van der Waals surface area contributed by atoms with Crippen LogP contribution in [0.15, 0.2) is 18.2 Å². The Morgan fingerprint density at radius 3 is 2.64 bits per heavy atom. The lowest BCUT2D eigenvalue weighted by molar-refractivity contribution is 0.112. The second-order valence-corrected chi connectivity index (χ2v) is 2.47. The average Bonchev–Trinajstić information content (AvgIpc) is 2.16. The quantitative estimate of drug-likeness (QED) is 0.517. The monoisotopic (exact) mass is 196 g/mol. The highest BCUT2D eigenvalue weighted by Crippen LogP contribution is 2.23. The van der Waals surface area contributed by atoms with E-state index in [2.05, 4.69) is 4.65 Å². The topological polar surface area (TPSA) is 76.0 Å². The van der Waals surface area contributed by atoms with Crippen molar-refractivity contribution in [3.05, 3.63) is 23.8 Å². The van der Waals surface area contributed by atoms with E-state index < -0.39 is 7.32 Å². The first-order valence-corrected chi connectivity index (χ1v) is 3.83. The van der Waals surface area contributed by atoms with Gasteiger partial charge in [0.2, 0.25) is 0 Å². The van der Waals surface area contributed by atoms with Crippen molar-refractivity contribution < 1.29 is 24.2 Å². The highest BCUT2D eigenvalue weighted by molar-refractivity contribution is 6.33. The molecule has 0 fully saturated rings. The van der Waals surface area contributed by atoms with E-state index in [4.69, 9.17) is 14.8 Å². The first-order chi connectivity index (χ1) is 6.67. The summed E-state index contributed by atoms with van der Waals surface area (Å²) in [6.07, 6.45) is 0.553. The molecule has 0 unspecified atom stereocenters. The number of rotatable bonds is 4. The Morgan fingerprint density at radius 1 is 1.43 bits per heavy atom. The summed E-state index contributed by atoms with van der Waals surface area (Å²) in [7, 11) is -0.504. The summed E-state index contributed by atoms with van der Waals surface area (Å²) < 4.78 is 9.46. The van der Waals surface area contributed by atoms with Gasteiger partial charge in [0.15, 0.2) is 6.29 Å². The molecule has 1 aromatic carbocycles. The number of hydrogen-bond acceptors (Lipinski definition) is 5. The van der Waals surface area contributed by atoms with Crippen LogP contribution in [-0.2, 0) is 0 Å². The highest BCUT2D eigenvalue weighted by atomic mass is 16.6. The molecule has 2 N–H and O–H groups in total. The molecule has 0 aliphatic rings. The molecule has 0 aliphatic carbocycles. The van der Waals surface area contributed by atoms with Crippen LogP contribution in [0, 0.1) is 0 Å². The van der Waals surface area contributed by atoms with E-state index in [0.717, 1.165) is 0 Å². The fourth-order valence-electron chi connectivity index (χ4n) is 0.955. The molecule has 0 spiro atoms. The summed E-state index contributed by atoms with van der Waals surface area (Å²) in [5.74, 6) is 0.528. The average molecular weight is 196 g/mol. The molecule has 0 bridgehead atoms. The molecular formula is C8H9BO5. The van der Waals surface area contributed by atoms with Crippen LogP contribution >= 0.6 is 0 Å². The van der Waals surface area contributed by atoms with E-state index in [1.165, 1.54) is 19.2 Å². The number of hydrogen-bond donors (Lipinski definition) is 2. The molecule has 0 amide bonds. The van der Waals surface area contributed by atoms with Gasteiger partial charge in [0.1, 0.15) is 11.5 Å². The Kier molecular flexibility index (Phi) is 3.50. The Balaban J connectivity index is 3.01. The first kappa shape index (κ1) is 10.6. The maximum Gasteiger partial charge on any atom is 0.707 e. The van der Waals surface area contributed by atoms with Crippen LogP contribution in [0.1, 0.15) is 10.4 Å². The van der Waals surface area contributed by atoms with Crippen molar-refractivity contribution in [3.63, 3.8) is 0 Å². The lowest BCUT2D eigenvalue weighted by Crippen LogP contribution is -2.21. The van der Waals surface area contributed by atoms with Gasteiger partial charge >= 0.3 is 7.32 Å². The maximum absolute atomic E-state index is 10.5. The Labute approximate surface area is 81.1 Å². The number of carbonyl (C=O) groups is 1. The van der Waals surface area contributed by atoms with E-state index in [1.54, 1.807) is 6.07 Å². The van der Waals surface area contributed by atoms with Gasteiger partial charge < -0.3 is 19.4 Å². The van der Waals surface area contributed by atoms with Crippen LogP contribution in [0.2, 0.25) is 0 Å². The van der Waals surface area contributed by atoms with Crippen LogP contribution in [0.3, 0.4) is 0 Å². The van der Waals surface area contributed by atoms with Gasteiger partial charge in [-0.2, -0.15) is 0 Å². The minimum absolute atomic E-state index is 0.0642. The fraction of sp³-hybridized carbons (Fsp3) is 0.125. The Bertz CT molecular complexity index is 326. The molecule has 0 saturated heterocycles. The first-order valence-electron chi connectivity index (χ1n) is 3.83. The maximum atomic E-state index is 10.5. The van der Waals surface area contributed by atoms with Gasteiger partial charge in [0.25, 0.3) is 0 Å². The standard InChI is InChI=1S/C8H9BO5/c1-13-7-3-2-6(5-10)8(4-7)14-9(11)12/h2-5,11-12H,1H3. The molecule has 5 nitrogen and oxygen atoms in total. The molecule has 1 rings (SSSR count). The third-order valence-electron chi connectivity index (χ3n) is 1.58. The van der Waals surface area contributed by atoms with E-state index in [1.807, 2.05) is 0 Å². The van der Waals surface area contributed by atoms with Gasteiger partial charge in [-0.25, -0.2) is 0 Å². The molecule has 0 radical (unpaired) electrons. The normalized spacial score (nSPS) is 9.36. The molecule has 14 heavy (non-hydrogen) atoms. The number of carbonyl (C=O) groups excluding carboxylic acids is 1. The molecule has 0 aromatic heterocycles. The van der Waals surface area contributed by atoms with Crippen LogP contribution < -0.4 is 9.39 Å². The zero-order valence-electron chi connectivity index (χ0n) is 7.51. The van der Waals surface area contributed by atoms with Crippen LogP contribution in [0.5, 0.6) is 11.5 Å². The van der Waals surface area contributed by atoms with E-state index in [9.17, 15) is 4.79 Å². The summed E-state index contributed by atoms with van der Waals surface area (Å²) >= 11 is 0. The fourth-order valence-corrected chi connectivity index (χ4v) is 0.955. The smallest absolute Gasteiger partial charge is 0.511 e. The second-order valence-electron chi connectivity index (χ2n) is 2.47. The summed E-state index contributed by atoms with van der Waals surface area (Å²) in [4.78, 5) is 10.5. The van der Waals surface area contributed by atoms with Crippen molar-refractivity contribution in [1.29, 1.82) is 0 Å². The Morgan fingerprint density at radius 2 is 2.14 bits per heavy atom. The lowest BCUT2D eigenvalue weighted by atomic mass is 10.2. The SMILES string of the molecule is COc1ccc(C=O)c(OB(O)O)c1. The minimum Gasteiger partial charge on any atom is -0.511 e. The van der Waals surface area contributed by atoms with Crippen molar-refractivity contribution in [2.75, 3.05) is 7.11 Å². The molecule has 6 heteroatoms. The summed E-state index contributed by atoms with van der Waals surface area (Å²) in [5, 5.41) is 17.1. The summed E-state index contributed by atoms with van der Waals surface area (Å²) in [5.41, 5.74) is 0.221. The van der Waals surface area contributed by atoms with Gasteiger partial charge in [-0.3, -0.25) is 4.79 Å². The zero-order valence-corrected chi connectivity index (χ0v) is 7.51. The van der Waals surface area contributed by atoms with E-state index >= 15 is 0 Å². The highest BCUT2D eigenvalue weighted by Gasteiger charge is 2.14. The molecule has 74 valence electrons. The number of methoxy groups -OCH3 is 1. The number of aldehydes is 1. The second kappa shape index (κ2) is 4.64. The van der Waals surface area contributed by atoms with Gasteiger partial charge in [-0.1, -0.05) is 0 Å². The zero-order chi connectivity index (χ0) is 10.6. The molecule has 1 aromatic rings. The van der Waals surface area contributed by atoms with Gasteiger partial charge in [-0.05, 0) is 12.1 Å². The molecule has 0 atom stereocenters. The third-order valence-corrected chi connectivity index (χ3v) is 1.58. The van der Waals surface area contributed by atoms with Crippen LogP contribution in [-0.4, -0.2) is 30.8 Å². The molecule has 0 heterocycles. The van der Waals surface area contributed by atoms with Crippen LogP contribution in [0.25, 0.3) is 0 Å². The van der Waals surface area contributed by atoms with Crippen molar-refractivity contribution in [3.8, 4) is 11.5 Å². The molecular weight excluding hydrogens is 187 g/mol. The predicted molar refractivity (Wildman–Crippen MR) is 49.2 cm³/mol. The van der Waals surface area contributed by atoms with Gasteiger partial charge in [-0.15, -0.1) is 0 Å². The van der Waals surface area contributed by atoms with E-state index in [0.29, 0.717) is 12.0 Å². The Hall–Kier alpha value is -1.53. The van der Waals surface area contributed by atoms with E-state index in [-0.39, 0.29) is 11.3 Å². The van der Waals surface area contributed by atoms with Crippen LogP contribution in [0.4, 0.5) is 0 Å². The largest absolute Gasteiger partial charge is 0.707 e. The predicted octanol–water partition coefficient (Wildman–Crippen LogP) is -0.144.